The van der Waals surface area contributed by atoms with Crippen LogP contribution in [0.5, 0.6) is 0 Å². The van der Waals surface area contributed by atoms with Gasteiger partial charge < -0.3 is 5.11 Å². The summed E-state index contributed by atoms with van der Waals surface area (Å²) in [5.41, 5.74) is 1.48. The lowest BCUT2D eigenvalue weighted by molar-refractivity contribution is -0.146. The molecule has 2 aromatic carbocycles. The number of hydrogen-bond acceptors (Lipinski definition) is 5. The van der Waals surface area contributed by atoms with E-state index in [9.17, 15) is 24.3 Å². The predicted octanol–water partition coefficient (Wildman–Crippen LogP) is 7.37. The van der Waals surface area contributed by atoms with Crippen LogP contribution in [0.2, 0.25) is 25.7 Å². The number of Topliss-reactive ketones (excluding diaryl/α,β-unsaturated/α-hetero) is 2. The molecule has 7 heteroatoms. The maximum atomic E-state index is 14.9. The number of carbonyl (C=O) groups excluding carboxylic acids is 4. The van der Waals surface area contributed by atoms with Crippen LogP contribution in [0, 0.1) is 23.2 Å². The third-order valence-electron chi connectivity index (χ3n) is 9.25. The Morgan fingerprint density at radius 2 is 1.59 bits per heavy atom. The van der Waals surface area contributed by atoms with Gasteiger partial charge in [0.05, 0.1) is 6.26 Å². The molecular weight excluding hydrogens is 566 g/mol. The van der Waals surface area contributed by atoms with Crippen molar-refractivity contribution in [2.75, 3.05) is 0 Å². The summed E-state index contributed by atoms with van der Waals surface area (Å²) >= 11 is 0. The van der Waals surface area contributed by atoms with Crippen LogP contribution in [0.25, 0.3) is 0 Å². The van der Waals surface area contributed by atoms with Gasteiger partial charge >= 0.3 is 0 Å². The Labute approximate surface area is 262 Å². The zero-order valence-corrected chi connectivity index (χ0v) is 27.7. The zero-order valence-electron chi connectivity index (χ0n) is 26.7. The van der Waals surface area contributed by atoms with Crippen LogP contribution in [0.4, 0.5) is 0 Å². The van der Waals surface area contributed by atoms with E-state index in [0.29, 0.717) is 18.4 Å². The normalized spacial score (nSPS) is 25.6. The molecule has 1 saturated heterocycles. The van der Waals surface area contributed by atoms with Crippen LogP contribution in [0.1, 0.15) is 49.5 Å². The molecule has 0 aromatic heterocycles. The molecule has 0 spiro atoms. The van der Waals surface area contributed by atoms with Gasteiger partial charge in [-0.3, -0.25) is 24.1 Å². The average molecular weight is 612 g/mol. The third-order valence-corrected chi connectivity index (χ3v) is 10.7. The number of nitrogens with zero attached hydrogens (tertiary/aromatic N) is 1. The van der Waals surface area contributed by atoms with Gasteiger partial charge in [0.1, 0.15) is 11.2 Å². The molecule has 0 radical (unpaired) electrons. The van der Waals surface area contributed by atoms with Crippen molar-refractivity contribution in [1.82, 2.24) is 4.90 Å². The van der Waals surface area contributed by atoms with E-state index in [1.54, 1.807) is 31.2 Å². The Kier molecular flexibility index (Phi) is 10.1. The van der Waals surface area contributed by atoms with Gasteiger partial charge in [-0.2, -0.15) is 0 Å². The average Bonchev–Trinajstić information content (AvgIpc) is 3.25. The van der Waals surface area contributed by atoms with Gasteiger partial charge in [0.2, 0.25) is 5.91 Å². The molecule has 0 saturated carbocycles. The number of rotatable bonds is 11. The van der Waals surface area contributed by atoms with Gasteiger partial charge in [-0.1, -0.05) is 98.9 Å². The molecule has 1 N–H and O–H groups in total. The molecule has 1 aliphatic carbocycles. The lowest BCUT2D eigenvalue weighted by atomic mass is 9.55. The molecule has 232 valence electrons. The number of hydrogen-bond donors (Lipinski definition) is 1. The third kappa shape index (κ3) is 6.48. The van der Waals surface area contributed by atoms with E-state index in [-0.39, 0.29) is 35.4 Å². The fourth-order valence-corrected chi connectivity index (χ4v) is 8.88. The van der Waals surface area contributed by atoms with Crippen molar-refractivity contribution in [2.45, 2.75) is 71.8 Å². The summed E-state index contributed by atoms with van der Waals surface area (Å²) in [5, 5.41) is 9.21. The van der Waals surface area contributed by atoms with Crippen LogP contribution >= 0.6 is 0 Å². The predicted molar refractivity (Wildman–Crippen MR) is 177 cm³/mol. The highest BCUT2D eigenvalue weighted by atomic mass is 28.3. The lowest BCUT2D eigenvalue weighted by Crippen LogP contribution is -2.52. The first kappa shape index (κ1) is 33.1. The van der Waals surface area contributed by atoms with E-state index in [1.165, 1.54) is 17.4 Å². The Bertz CT molecular complexity index is 1490. The van der Waals surface area contributed by atoms with Crippen LogP contribution in [0.3, 0.4) is 0 Å². The van der Waals surface area contributed by atoms with E-state index in [0.717, 1.165) is 17.9 Å². The second-order valence-corrected chi connectivity index (χ2v) is 19.0. The van der Waals surface area contributed by atoms with Crippen molar-refractivity contribution in [3.63, 3.8) is 0 Å². The molecular formula is C37H45NO5Si. The Morgan fingerprint density at radius 3 is 2.16 bits per heavy atom. The number of ketones is 2. The molecule has 4 rings (SSSR count). The summed E-state index contributed by atoms with van der Waals surface area (Å²) in [7, 11) is -1.60. The Balaban J connectivity index is 1.88. The standard InChI is InChI=1S/C37H45NO5Si/c1-25(23-39)33(41)20-14-13-19-31-22-30(24-44(4,5)6)26(2)34-32(21-28-15-9-7-10-16-28)38(36(43)37(31,34)27(3)40)35(42)29-17-11-8-12-18-29/h7-13,15-19,22-23,26,31-32,34,39H,14,20-21,24H2,1-6H3/b19-13+,25-23-/t26-,31+,32+,34+,37+/m1/s1. The largest absolute Gasteiger partial charge is 0.515 e. The van der Waals surface area contributed by atoms with Crippen molar-refractivity contribution < 1.29 is 24.3 Å². The summed E-state index contributed by atoms with van der Waals surface area (Å²) < 4.78 is 0. The van der Waals surface area contributed by atoms with Crippen molar-refractivity contribution in [2.24, 2.45) is 23.2 Å². The monoisotopic (exact) mass is 611 g/mol. The Morgan fingerprint density at radius 1 is 0.977 bits per heavy atom. The fraction of sp³-hybridized carbons (Fsp3) is 0.405. The van der Waals surface area contributed by atoms with Crippen molar-refractivity contribution in [3.05, 3.63) is 107 Å². The molecule has 1 heterocycles. The number of carbonyl (C=O) groups is 4. The SMILES string of the molecule is CC(=O)[C@@]12C(=O)N(C(=O)c3ccccc3)[C@@H](Cc3ccccc3)[C@@H]1[C@H](C)C(C[Si](C)(C)C)=C[C@@H]2/C=C/CCC(=O)/C(C)=C\O. The quantitative estimate of drug-likeness (QED) is 0.0715. The molecule has 6 nitrogen and oxygen atoms in total. The van der Waals surface area contributed by atoms with Crippen LogP contribution < -0.4 is 0 Å². The summed E-state index contributed by atoms with van der Waals surface area (Å²) in [6.07, 6.45) is 7.77. The van der Waals surface area contributed by atoms with Crippen LogP contribution in [-0.4, -0.2) is 47.5 Å². The Hall–Kier alpha value is -3.84. The lowest BCUT2D eigenvalue weighted by Gasteiger charge is -2.45. The highest BCUT2D eigenvalue weighted by molar-refractivity contribution is 6.76. The first-order valence-electron chi connectivity index (χ1n) is 15.5. The molecule has 44 heavy (non-hydrogen) atoms. The smallest absolute Gasteiger partial charge is 0.260 e. The van der Waals surface area contributed by atoms with Gasteiger partial charge in [0.15, 0.2) is 5.78 Å². The van der Waals surface area contributed by atoms with Gasteiger partial charge in [-0.05, 0) is 56.3 Å². The number of fused-ring (bicyclic) bond motifs is 1. The van der Waals surface area contributed by atoms with E-state index in [4.69, 9.17) is 0 Å². The highest BCUT2D eigenvalue weighted by Crippen LogP contribution is 2.58. The number of aliphatic hydroxyl groups excluding tert-OH is 1. The van der Waals surface area contributed by atoms with E-state index in [2.05, 4.69) is 32.6 Å². The minimum Gasteiger partial charge on any atom is -0.515 e. The summed E-state index contributed by atoms with van der Waals surface area (Å²) in [5.74, 6) is -2.31. The van der Waals surface area contributed by atoms with Gasteiger partial charge in [0.25, 0.3) is 5.91 Å². The van der Waals surface area contributed by atoms with Crippen molar-refractivity contribution in [3.8, 4) is 0 Å². The second kappa shape index (κ2) is 13.4. The van der Waals surface area contributed by atoms with E-state index >= 15 is 0 Å². The van der Waals surface area contributed by atoms with Crippen LogP contribution in [0.15, 0.2) is 96.3 Å². The number of amides is 2. The maximum Gasteiger partial charge on any atom is 0.260 e. The number of imide groups is 1. The number of allylic oxidation sites excluding steroid dienone is 5. The van der Waals surface area contributed by atoms with Gasteiger partial charge in [-0.25, -0.2) is 0 Å². The van der Waals surface area contributed by atoms with Gasteiger partial charge in [-0.15, -0.1) is 0 Å². The highest BCUT2D eigenvalue weighted by Gasteiger charge is 2.68. The number of likely N-dealkylation sites (tertiary alicyclic amines) is 1. The zero-order chi connectivity index (χ0) is 32.2. The van der Waals surface area contributed by atoms with E-state index < -0.39 is 37.3 Å². The van der Waals surface area contributed by atoms with Crippen molar-refractivity contribution in [1.29, 1.82) is 0 Å². The van der Waals surface area contributed by atoms with Gasteiger partial charge in [0, 0.05) is 43.5 Å². The van der Waals surface area contributed by atoms with Crippen molar-refractivity contribution >= 4 is 31.5 Å². The van der Waals surface area contributed by atoms with Crippen LogP contribution in [-0.2, 0) is 20.8 Å². The minimum absolute atomic E-state index is 0.0968. The summed E-state index contributed by atoms with van der Waals surface area (Å²) in [6, 6.07) is 19.1. The minimum atomic E-state index is -1.60. The molecule has 1 aliphatic heterocycles. The fourth-order valence-electron chi connectivity index (χ4n) is 7.22. The first-order valence-corrected chi connectivity index (χ1v) is 19.2. The molecule has 2 aromatic rings. The summed E-state index contributed by atoms with van der Waals surface area (Å²) in [4.78, 5) is 56.9. The molecule has 5 atom stereocenters. The molecule has 2 aliphatic rings. The molecule has 2 amide bonds. The molecule has 0 unspecified atom stereocenters. The van der Waals surface area contributed by atoms with E-state index in [1.807, 2.05) is 48.6 Å². The summed E-state index contributed by atoms with van der Waals surface area (Å²) in [6.45, 7) is 12.1. The molecule has 0 bridgehead atoms. The first-order chi connectivity index (χ1) is 20.8. The number of benzene rings is 2. The topological polar surface area (TPSA) is 91.8 Å². The number of aliphatic hydroxyl groups is 1. The maximum absolute atomic E-state index is 14.9. The molecule has 1 fully saturated rings. The second-order valence-electron chi connectivity index (χ2n) is 13.5.